The van der Waals surface area contributed by atoms with E-state index in [4.69, 9.17) is 4.74 Å². The van der Waals surface area contributed by atoms with Gasteiger partial charge in [0.05, 0.1) is 17.9 Å². The molecule has 0 fully saturated rings. The lowest BCUT2D eigenvalue weighted by Gasteiger charge is -2.05. The Morgan fingerprint density at radius 1 is 1.15 bits per heavy atom. The van der Waals surface area contributed by atoms with E-state index in [1.165, 1.54) is 0 Å². The van der Waals surface area contributed by atoms with Crippen molar-refractivity contribution in [1.82, 2.24) is 0 Å². The number of methoxy groups -OCH3 is 1. The molecular formula is C16H15BrO2S. The van der Waals surface area contributed by atoms with E-state index in [-0.39, 0.29) is 0 Å². The quantitative estimate of drug-likeness (QED) is 0.754. The van der Waals surface area contributed by atoms with E-state index in [2.05, 4.69) is 15.9 Å². The van der Waals surface area contributed by atoms with Crippen LogP contribution in [0.3, 0.4) is 0 Å². The standard InChI is InChI=1S/C16H15BrO2S/c1-19-14-9-7-13(8-10-14)11-16(12-17)20(18)15-5-3-2-4-6-15/h2-11H,12H2,1H3/b16-11-. The number of ether oxygens (including phenoxy) is 1. The third-order valence-corrected chi connectivity index (χ3v) is 5.18. The Bertz CT molecular complexity index is 606. The van der Waals surface area contributed by atoms with Crippen molar-refractivity contribution < 1.29 is 8.95 Å². The zero-order chi connectivity index (χ0) is 14.4. The maximum atomic E-state index is 12.5. The van der Waals surface area contributed by atoms with Gasteiger partial charge < -0.3 is 4.74 Å². The summed E-state index contributed by atoms with van der Waals surface area (Å²) in [7, 11) is 0.492. The van der Waals surface area contributed by atoms with Gasteiger partial charge >= 0.3 is 0 Å². The van der Waals surface area contributed by atoms with E-state index >= 15 is 0 Å². The monoisotopic (exact) mass is 350 g/mol. The van der Waals surface area contributed by atoms with Gasteiger partial charge in [0.25, 0.3) is 0 Å². The minimum Gasteiger partial charge on any atom is -0.497 e. The molecule has 0 spiro atoms. The van der Waals surface area contributed by atoms with Crippen molar-refractivity contribution in [3.63, 3.8) is 0 Å². The lowest BCUT2D eigenvalue weighted by atomic mass is 10.2. The van der Waals surface area contributed by atoms with Crippen LogP contribution in [-0.2, 0) is 10.8 Å². The summed E-state index contributed by atoms with van der Waals surface area (Å²) in [4.78, 5) is 1.65. The zero-order valence-electron chi connectivity index (χ0n) is 11.1. The molecule has 0 heterocycles. The molecule has 0 bridgehead atoms. The number of alkyl halides is 1. The van der Waals surface area contributed by atoms with Crippen molar-refractivity contribution in [2.24, 2.45) is 0 Å². The van der Waals surface area contributed by atoms with Crippen LogP contribution in [0.4, 0.5) is 0 Å². The van der Waals surface area contributed by atoms with Crippen LogP contribution in [-0.4, -0.2) is 16.6 Å². The predicted molar refractivity (Wildman–Crippen MR) is 87.6 cm³/mol. The normalized spacial score (nSPS) is 13.0. The lowest BCUT2D eigenvalue weighted by Crippen LogP contribution is -1.97. The number of rotatable bonds is 5. The molecule has 1 atom stereocenters. The molecule has 0 N–H and O–H groups in total. The van der Waals surface area contributed by atoms with Crippen molar-refractivity contribution in [2.45, 2.75) is 4.90 Å². The summed E-state index contributed by atoms with van der Waals surface area (Å²) in [5.74, 6) is 0.812. The second kappa shape index (κ2) is 7.41. The molecule has 0 saturated heterocycles. The summed E-state index contributed by atoms with van der Waals surface area (Å²) in [6.07, 6.45) is 1.94. The molecule has 1 unspecified atom stereocenters. The fraction of sp³-hybridized carbons (Fsp3) is 0.125. The fourth-order valence-electron chi connectivity index (χ4n) is 1.72. The van der Waals surface area contributed by atoms with Crippen LogP contribution in [0, 0.1) is 0 Å². The van der Waals surface area contributed by atoms with Gasteiger partial charge in [0.1, 0.15) is 5.75 Å². The molecule has 104 valence electrons. The van der Waals surface area contributed by atoms with Crippen LogP contribution < -0.4 is 4.74 Å². The Labute approximate surface area is 130 Å². The van der Waals surface area contributed by atoms with E-state index in [1.807, 2.05) is 60.7 Å². The maximum absolute atomic E-state index is 12.5. The summed E-state index contributed by atoms with van der Waals surface area (Å²) in [6.45, 7) is 0. The average molecular weight is 351 g/mol. The van der Waals surface area contributed by atoms with E-state index in [9.17, 15) is 4.21 Å². The van der Waals surface area contributed by atoms with Gasteiger partial charge in [0, 0.05) is 15.1 Å². The van der Waals surface area contributed by atoms with Crippen molar-refractivity contribution >= 4 is 32.8 Å². The van der Waals surface area contributed by atoms with Gasteiger partial charge in [-0.3, -0.25) is 0 Å². The molecule has 2 rings (SSSR count). The average Bonchev–Trinajstić information content (AvgIpc) is 2.53. The second-order valence-corrected chi connectivity index (χ2v) is 6.19. The lowest BCUT2D eigenvalue weighted by molar-refractivity contribution is 0.415. The van der Waals surface area contributed by atoms with Crippen LogP contribution in [0.15, 0.2) is 64.4 Å². The Morgan fingerprint density at radius 3 is 2.35 bits per heavy atom. The summed E-state index contributed by atoms with van der Waals surface area (Å²) in [5.41, 5.74) is 1.00. The number of allylic oxidation sites excluding steroid dienone is 1. The van der Waals surface area contributed by atoms with Crippen LogP contribution in [0.25, 0.3) is 6.08 Å². The van der Waals surface area contributed by atoms with Gasteiger partial charge in [-0.05, 0) is 35.9 Å². The fourth-order valence-corrected chi connectivity index (χ4v) is 3.56. The van der Waals surface area contributed by atoms with Gasteiger partial charge in [-0.25, -0.2) is 4.21 Å². The Hall–Kier alpha value is -1.39. The van der Waals surface area contributed by atoms with Gasteiger partial charge in [-0.1, -0.05) is 46.3 Å². The smallest absolute Gasteiger partial charge is 0.118 e. The molecule has 0 aromatic heterocycles. The third kappa shape index (κ3) is 3.81. The van der Waals surface area contributed by atoms with Crippen molar-refractivity contribution in [2.75, 3.05) is 12.4 Å². The first-order chi connectivity index (χ1) is 9.74. The molecule has 2 nitrogen and oxygen atoms in total. The van der Waals surface area contributed by atoms with E-state index < -0.39 is 10.8 Å². The van der Waals surface area contributed by atoms with Crippen molar-refractivity contribution in [1.29, 1.82) is 0 Å². The summed E-state index contributed by atoms with van der Waals surface area (Å²) in [6, 6.07) is 17.1. The Morgan fingerprint density at radius 2 is 1.80 bits per heavy atom. The van der Waals surface area contributed by atoms with Gasteiger partial charge in [0.2, 0.25) is 0 Å². The molecule has 2 aromatic rings. The molecular weight excluding hydrogens is 336 g/mol. The van der Waals surface area contributed by atoms with Crippen molar-refractivity contribution in [3.05, 3.63) is 65.1 Å². The predicted octanol–water partition coefficient (Wildman–Crippen LogP) is 4.24. The molecule has 4 heteroatoms. The molecule has 0 radical (unpaired) electrons. The minimum absolute atomic E-state index is 0.570. The molecule has 0 amide bonds. The minimum atomic E-state index is -1.15. The highest BCUT2D eigenvalue weighted by Gasteiger charge is 2.09. The van der Waals surface area contributed by atoms with E-state index in [1.54, 1.807) is 7.11 Å². The van der Waals surface area contributed by atoms with E-state index in [0.717, 1.165) is 21.1 Å². The zero-order valence-corrected chi connectivity index (χ0v) is 13.5. The van der Waals surface area contributed by atoms with Crippen molar-refractivity contribution in [3.8, 4) is 5.75 Å². The first kappa shape index (κ1) is 15.0. The second-order valence-electron chi connectivity index (χ2n) is 4.10. The highest BCUT2D eigenvalue weighted by molar-refractivity contribution is 9.09. The molecule has 0 saturated carbocycles. The first-order valence-corrected chi connectivity index (χ1v) is 8.39. The van der Waals surface area contributed by atoms with Gasteiger partial charge in [-0.2, -0.15) is 0 Å². The molecule has 0 aliphatic carbocycles. The summed E-state index contributed by atoms with van der Waals surface area (Å²) >= 11 is 3.41. The first-order valence-electron chi connectivity index (χ1n) is 6.12. The van der Waals surface area contributed by atoms with Gasteiger partial charge in [-0.15, -0.1) is 0 Å². The van der Waals surface area contributed by atoms with Crippen LogP contribution in [0.2, 0.25) is 0 Å². The Kier molecular flexibility index (Phi) is 5.56. The van der Waals surface area contributed by atoms with Crippen LogP contribution >= 0.6 is 15.9 Å². The molecule has 20 heavy (non-hydrogen) atoms. The largest absolute Gasteiger partial charge is 0.497 e. The molecule has 0 aliphatic heterocycles. The Balaban J connectivity index is 2.26. The van der Waals surface area contributed by atoms with Crippen LogP contribution in [0.5, 0.6) is 5.75 Å². The van der Waals surface area contributed by atoms with Gasteiger partial charge in [0.15, 0.2) is 0 Å². The highest BCUT2D eigenvalue weighted by Crippen LogP contribution is 2.20. The summed E-state index contributed by atoms with van der Waals surface area (Å²) < 4.78 is 17.6. The maximum Gasteiger partial charge on any atom is 0.118 e. The van der Waals surface area contributed by atoms with Crippen LogP contribution in [0.1, 0.15) is 5.56 Å². The summed E-state index contributed by atoms with van der Waals surface area (Å²) in [5, 5.41) is 0.570. The number of hydrogen-bond acceptors (Lipinski definition) is 2. The van der Waals surface area contributed by atoms with E-state index in [0.29, 0.717) is 5.33 Å². The number of hydrogen-bond donors (Lipinski definition) is 0. The number of benzene rings is 2. The highest BCUT2D eigenvalue weighted by atomic mass is 79.9. The molecule has 2 aromatic carbocycles. The third-order valence-electron chi connectivity index (χ3n) is 2.77. The molecule has 0 aliphatic rings. The number of halogens is 1. The SMILES string of the molecule is COc1ccc(/C=C(/CBr)S(=O)c2ccccc2)cc1. The topological polar surface area (TPSA) is 26.3 Å².